The van der Waals surface area contributed by atoms with Crippen LogP contribution in [0.1, 0.15) is 28.9 Å². The van der Waals surface area contributed by atoms with Gasteiger partial charge in [0.05, 0.1) is 25.3 Å². The third kappa shape index (κ3) is 4.60. The summed E-state index contributed by atoms with van der Waals surface area (Å²) in [6.07, 6.45) is -0.129. The number of carbonyl (C=O) groups is 2. The van der Waals surface area contributed by atoms with Gasteiger partial charge in [0.2, 0.25) is 0 Å². The Labute approximate surface area is 181 Å². The third-order valence-corrected chi connectivity index (χ3v) is 5.67. The van der Waals surface area contributed by atoms with Crippen LogP contribution in [0.25, 0.3) is 10.8 Å². The van der Waals surface area contributed by atoms with Crippen molar-refractivity contribution in [3.63, 3.8) is 0 Å². The topological polar surface area (TPSA) is 67.9 Å². The summed E-state index contributed by atoms with van der Waals surface area (Å²) in [4.78, 5) is 25.8. The van der Waals surface area contributed by atoms with E-state index in [4.69, 9.17) is 9.47 Å². The van der Waals surface area contributed by atoms with Gasteiger partial charge in [-0.3, -0.25) is 4.79 Å². The molecule has 1 fully saturated rings. The smallest absolute Gasteiger partial charge is 0.337 e. The molecule has 2 atom stereocenters. The first-order valence-electron chi connectivity index (χ1n) is 10.4. The normalized spacial score (nSPS) is 17.5. The monoisotopic (exact) mass is 418 g/mol. The zero-order valence-corrected chi connectivity index (χ0v) is 17.7. The van der Waals surface area contributed by atoms with E-state index in [0.29, 0.717) is 18.7 Å². The van der Waals surface area contributed by atoms with Crippen LogP contribution in [0.5, 0.6) is 0 Å². The van der Waals surface area contributed by atoms with Gasteiger partial charge in [0.15, 0.2) is 0 Å². The average molecular weight is 418 g/mol. The molecule has 1 amide bonds. The minimum atomic E-state index is -0.399. The van der Waals surface area contributed by atoms with E-state index in [1.165, 1.54) is 23.4 Å². The molecule has 0 radical (unpaired) electrons. The number of ether oxygens (including phenoxy) is 2. The number of amides is 1. The van der Waals surface area contributed by atoms with Crippen molar-refractivity contribution < 1.29 is 19.1 Å². The van der Waals surface area contributed by atoms with Crippen LogP contribution in [0.4, 0.5) is 5.69 Å². The molecule has 2 unspecified atom stereocenters. The van der Waals surface area contributed by atoms with Gasteiger partial charge in [0.25, 0.3) is 5.91 Å². The van der Waals surface area contributed by atoms with Gasteiger partial charge in [0.1, 0.15) is 6.61 Å². The molecule has 0 aliphatic carbocycles. The first-order valence-corrected chi connectivity index (χ1v) is 10.4. The molecule has 0 spiro atoms. The van der Waals surface area contributed by atoms with E-state index in [9.17, 15) is 9.59 Å². The highest BCUT2D eigenvalue weighted by atomic mass is 16.5. The number of rotatable bonds is 6. The summed E-state index contributed by atoms with van der Waals surface area (Å²) in [5.41, 5.74) is 2.43. The molecular weight excluding hydrogens is 392 g/mol. The minimum absolute atomic E-state index is 0.0355. The molecule has 6 heteroatoms. The van der Waals surface area contributed by atoms with Gasteiger partial charge in [-0.2, -0.15) is 0 Å². The van der Waals surface area contributed by atoms with Crippen molar-refractivity contribution in [1.29, 1.82) is 0 Å². The maximum absolute atomic E-state index is 12.4. The lowest BCUT2D eigenvalue weighted by molar-refractivity contribution is -0.129. The lowest BCUT2D eigenvalue weighted by atomic mass is 9.99. The molecular formula is C25H26N2O4. The molecule has 1 aliphatic heterocycles. The van der Waals surface area contributed by atoms with Crippen LogP contribution >= 0.6 is 0 Å². The number of nitrogens with one attached hydrogen (secondary N) is 1. The molecule has 1 saturated heterocycles. The number of morpholine rings is 1. The van der Waals surface area contributed by atoms with Gasteiger partial charge in [-0.05, 0) is 47.5 Å². The zero-order valence-electron chi connectivity index (χ0n) is 17.7. The van der Waals surface area contributed by atoms with Crippen molar-refractivity contribution in [3.05, 3.63) is 77.9 Å². The molecule has 0 bridgehead atoms. The SMILES string of the molecule is COC(=O)c1ccc(N2CC(CNC(C)c3cccc4ccccc34)OCC2=O)cc1. The summed E-state index contributed by atoms with van der Waals surface area (Å²) < 4.78 is 10.5. The molecule has 31 heavy (non-hydrogen) atoms. The van der Waals surface area contributed by atoms with Crippen LogP contribution in [0.15, 0.2) is 66.7 Å². The Morgan fingerprint density at radius 2 is 1.87 bits per heavy atom. The van der Waals surface area contributed by atoms with Crippen molar-refractivity contribution in [2.75, 3.05) is 31.7 Å². The summed E-state index contributed by atoms with van der Waals surface area (Å²) in [7, 11) is 1.35. The Balaban J connectivity index is 1.41. The Bertz CT molecular complexity index is 1080. The number of carbonyl (C=O) groups excluding carboxylic acids is 2. The maximum atomic E-state index is 12.4. The summed E-state index contributed by atoms with van der Waals surface area (Å²) >= 11 is 0. The molecule has 3 aromatic carbocycles. The van der Waals surface area contributed by atoms with Crippen molar-refractivity contribution in [3.8, 4) is 0 Å². The molecule has 0 aromatic heterocycles. The minimum Gasteiger partial charge on any atom is -0.465 e. The van der Waals surface area contributed by atoms with Crippen molar-refractivity contribution in [1.82, 2.24) is 5.32 Å². The molecule has 160 valence electrons. The fourth-order valence-corrected chi connectivity index (χ4v) is 3.94. The number of fused-ring (bicyclic) bond motifs is 1. The Kier molecular flexibility index (Phi) is 6.30. The predicted molar refractivity (Wildman–Crippen MR) is 120 cm³/mol. The number of nitrogens with zero attached hydrogens (tertiary/aromatic N) is 1. The number of hydrogen-bond acceptors (Lipinski definition) is 5. The number of esters is 1. The highest BCUT2D eigenvalue weighted by Gasteiger charge is 2.28. The first-order chi connectivity index (χ1) is 15.1. The van der Waals surface area contributed by atoms with E-state index in [1.807, 2.05) is 6.07 Å². The Hall–Kier alpha value is -3.22. The van der Waals surface area contributed by atoms with E-state index in [-0.39, 0.29) is 24.7 Å². The molecule has 1 heterocycles. The van der Waals surface area contributed by atoms with Gasteiger partial charge in [-0.25, -0.2) is 4.79 Å². The van der Waals surface area contributed by atoms with Gasteiger partial charge in [-0.15, -0.1) is 0 Å². The van der Waals surface area contributed by atoms with Crippen LogP contribution in [0.3, 0.4) is 0 Å². The van der Waals surface area contributed by atoms with Crippen molar-refractivity contribution in [2.24, 2.45) is 0 Å². The molecule has 0 saturated carbocycles. The summed E-state index contributed by atoms with van der Waals surface area (Å²) in [5.74, 6) is -0.492. The molecule has 1 aliphatic rings. The zero-order chi connectivity index (χ0) is 21.8. The lowest BCUT2D eigenvalue weighted by Gasteiger charge is -2.33. The van der Waals surface area contributed by atoms with Gasteiger partial charge in [-0.1, -0.05) is 42.5 Å². The molecule has 3 aromatic rings. The number of anilines is 1. The summed E-state index contributed by atoms with van der Waals surface area (Å²) in [5, 5.41) is 6.01. The lowest BCUT2D eigenvalue weighted by Crippen LogP contribution is -2.50. The average Bonchev–Trinajstić information content (AvgIpc) is 2.82. The Morgan fingerprint density at radius 1 is 1.13 bits per heavy atom. The van der Waals surface area contributed by atoms with Gasteiger partial charge in [0, 0.05) is 18.3 Å². The maximum Gasteiger partial charge on any atom is 0.337 e. The van der Waals surface area contributed by atoms with E-state index in [1.54, 1.807) is 29.2 Å². The van der Waals surface area contributed by atoms with Crippen LogP contribution in [0.2, 0.25) is 0 Å². The van der Waals surface area contributed by atoms with Crippen molar-refractivity contribution >= 4 is 28.3 Å². The number of benzene rings is 3. The highest BCUT2D eigenvalue weighted by molar-refractivity contribution is 5.96. The standard InChI is InChI=1S/C25H26N2O4/c1-17(22-9-5-7-18-6-3-4-8-23(18)22)26-14-21-15-27(24(28)16-31-21)20-12-10-19(11-13-20)25(29)30-2/h3-13,17,21,26H,14-16H2,1-2H3. The molecule has 1 N–H and O–H groups in total. The molecule has 4 rings (SSSR count). The number of methoxy groups -OCH3 is 1. The second-order valence-electron chi connectivity index (χ2n) is 7.67. The number of hydrogen-bond donors (Lipinski definition) is 1. The van der Waals surface area contributed by atoms with E-state index in [0.717, 1.165) is 5.69 Å². The Morgan fingerprint density at radius 3 is 2.65 bits per heavy atom. The fraction of sp³-hybridized carbons (Fsp3) is 0.280. The van der Waals surface area contributed by atoms with Crippen molar-refractivity contribution in [2.45, 2.75) is 19.1 Å². The summed E-state index contributed by atoms with van der Waals surface area (Å²) in [6, 6.07) is 21.7. The van der Waals surface area contributed by atoms with E-state index >= 15 is 0 Å². The second-order valence-corrected chi connectivity index (χ2v) is 7.67. The van der Waals surface area contributed by atoms with Gasteiger partial charge < -0.3 is 19.7 Å². The fourth-order valence-electron chi connectivity index (χ4n) is 3.94. The van der Waals surface area contributed by atoms with E-state index in [2.05, 4.69) is 48.6 Å². The predicted octanol–water partition coefficient (Wildman–Crippen LogP) is 3.71. The summed E-state index contributed by atoms with van der Waals surface area (Å²) in [6.45, 7) is 3.24. The van der Waals surface area contributed by atoms with Crippen LogP contribution in [0, 0.1) is 0 Å². The van der Waals surface area contributed by atoms with Gasteiger partial charge >= 0.3 is 5.97 Å². The highest BCUT2D eigenvalue weighted by Crippen LogP contribution is 2.25. The first kappa shape index (κ1) is 21.0. The van der Waals surface area contributed by atoms with E-state index < -0.39 is 5.97 Å². The third-order valence-electron chi connectivity index (χ3n) is 5.67. The van der Waals surface area contributed by atoms with Crippen LogP contribution in [-0.4, -0.2) is 44.8 Å². The van der Waals surface area contributed by atoms with Crippen LogP contribution < -0.4 is 10.2 Å². The second kappa shape index (κ2) is 9.29. The van der Waals surface area contributed by atoms with Crippen LogP contribution in [-0.2, 0) is 14.3 Å². The molecule has 6 nitrogen and oxygen atoms in total. The quantitative estimate of drug-likeness (QED) is 0.618. The largest absolute Gasteiger partial charge is 0.465 e.